The number of ether oxygens (including phenoxy) is 3. The molecule has 27 heavy (non-hydrogen) atoms. The van der Waals surface area contributed by atoms with Gasteiger partial charge in [0.05, 0.1) is 25.4 Å². The number of aliphatic carboxylic acids is 1. The average molecular weight is 369 g/mol. The number of hydrogen-bond donors (Lipinski definition) is 0. The first-order valence-electron chi connectivity index (χ1n) is 8.58. The van der Waals surface area contributed by atoms with Crippen LogP contribution in [0.3, 0.4) is 0 Å². The van der Waals surface area contributed by atoms with Crippen molar-refractivity contribution in [2.75, 3.05) is 13.2 Å². The lowest BCUT2D eigenvalue weighted by atomic mass is 10.1. The molecule has 3 aromatic rings. The Bertz CT molecular complexity index is 897. The number of carbonyl (C=O) groups excluding carboxylic acids is 1. The maximum absolute atomic E-state index is 10.6. The molecule has 0 aliphatic carbocycles. The summed E-state index contributed by atoms with van der Waals surface area (Å²) in [4.78, 5) is 10.6. The van der Waals surface area contributed by atoms with Crippen molar-refractivity contribution < 1.29 is 28.5 Å². The van der Waals surface area contributed by atoms with Crippen LogP contribution < -0.4 is 14.6 Å². The predicted octanol–water partition coefficient (Wildman–Crippen LogP) is 2.94. The van der Waals surface area contributed by atoms with Crippen molar-refractivity contribution >= 4 is 16.9 Å². The molecule has 0 spiro atoms. The van der Waals surface area contributed by atoms with Crippen LogP contribution in [0.4, 0.5) is 0 Å². The molecule has 142 valence electrons. The van der Waals surface area contributed by atoms with Crippen molar-refractivity contribution in [2.24, 2.45) is 0 Å². The number of rotatable bonds is 9. The van der Waals surface area contributed by atoms with E-state index in [2.05, 4.69) is 0 Å². The zero-order chi connectivity index (χ0) is 19.3. The molecule has 0 saturated carbocycles. The first kappa shape index (κ1) is 18.8. The van der Waals surface area contributed by atoms with Crippen molar-refractivity contribution in [2.45, 2.75) is 26.1 Å². The second-order valence-electron chi connectivity index (χ2n) is 6.72. The van der Waals surface area contributed by atoms with Gasteiger partial charge in [0.1, 0.15) is 18.0 Å². The molecule has 0 unspecified atom stereocenters. The Morgan fingerprint density at radius 3 is 2.63 bits per heavy atom. The lowest BCUT2D eigenvalue weighted by Crippen LogP contribution is -2.34. The van der Waals surface area contributed by atoms with E-state index in [0.29, 0.717) is 24.5 Å². The molecular formula is C21H21O6-. The fourth-order valence-electron chi connectivity index (χ4n) is 2.69. The minimum Gasteiger partial charge on any atom is -0.546 e. The molecule has 0 bridgehead atoms. The summed E-state index contributed by atoms with van der Waals surface area (Å²) >= 11 is 0. The van der Waals surface area contributed by atoms with Gasteiger partial charge in [0, 0.05) is 10.9 Å². The minimum absolute atomic E-state index is 0.332. The third-order valence-corrected chi connectivity index (χ3v) is 3.83. The fourth-order valence-corrected chi connectivity index (χ4v) is 2.69. The molecular weight excluding hydrogens is 348 g/mol. The predicted molar refractivity (Wildman–Crippen MR) is 97.5 cm³/mol. The zero-order valence-corrected chi connectivity index (χ0v) is 15.3. The highest BCUT2D eigenvalue weighted by atomic mass is 16.5. The van der Waals surface area contributed by atoms with Gasteiger partial charge in [0.25, 0.3) is 0 Å². The third-order valence-electron chi connectivity index (χ3n) is 3.83. The van der Waals surface area contributed by atoms with Crippen LogP contribution in [0.2, 0.25) is 0 Å². The number of para-hydroxylation sites is 2. The van der Waals surface area contributed by atoms with Gasteiger partial charge < -0.3 is 28.5 Å². The molecule has 3 rings (SSSR count). The summed E-state index contributed by atoms with van der Waals surface area (Å²) < 4.78 is 22.5. The maximum atomic E-state index is 10.6. The van der Waals surface area contributed by atoms with Crippen LogP contribution in [0.1, 0.15) is 19.4 Å². The molecule has 0 amide bonds. The van der Waals surface area contributed by atoms with E-state index >= 15 is 0 Å². The Hall–Kier alpha value is -2.99. The summed E-state index contributed by atoms with van der Waals surface area (Å²) in [7, 11) is 0. The van der Waals surface area contributed by atoms with E-state index in [1.165, 1.54) is 0 Å². The molecule has 0 N–H and O–H groups in total. The second-order valence-corrected chi connectivity index (χ2v) is 6.72. The van der Waals surface area contributed by atoms with Crippen LogP contribution >= 0.6 is 0 Å². The van der Waals surface area contributed by atoms with E-state index in [1.54, 1.807) is 18.4 Å². The van der Waals surface area contributed by atoms with Crippen LogP contribution in [0, 0.1) is 0 Å². The molecule has 1 heterocycles. The number of fused-ring (bicyclic) bond motifs is 1. The van der Waals surface area contributed by atoms with Gasteiger partial charge in [-0.3, -0.25) is 0 Å². The number of furan rings is 1. The van der Waals surface area contributed by atoms with Crippen molar-refractivity contribution in [1.82, 2.24) is 0 Å². The van der Waals surface area contributed by atoms with E-state index in [4.69, 9.17) is 18.6 Å². The molecule has 0 radical (unpaired) electrons. The fraction of sp³-hybridized carbons (Fsp3) is 0.286. The minimum atomic E-state index is -1.29. The van der Waals surface area contributed by atoms with Gasteiger partial charge >= 0.3 is 0 Å². The first-order chi connectivity index (χ1) is 12.9. The smallest absolute Gasteiger partial charge is 0.176 e. The lowest BCUT2D eigenvalue weighted by Gasteiger charge is -2.26. The van der Waals surface area contributed by atoms with Gasteiger partial charge in [-0.2, -0.15) is 0 Å². The van der Waals surface area contributed by atoms with E-state index in [1.807, 2.05) is 50.2 Å². The summed E-state index contributed by atoms with van der Waals surface area (Å²) in [6, 6.07) is 14.9. The summed E-state index contributed by atoms with van der Waals surface area (Å²) in [5, 5.41) is 11.4. The Balaban J connectivity index is 1.62. The molecule has 2 aromatic carbocycles. The van der Waals surface area contributed by atoms with Crippen LogP contribution in [-0.2, 0) is 16.1 Å². The van der Waals surface area contributed by atoms with Crippen LogP contribution in [0.5, 0.6) is 11.5 Å². The van der Waals surface area contributed by atoms with Gasteiger partial charge in [-0.1, -0.05) is 30.3 Å². The molecule has 6 heteroatoms. The summed E-state index contributed by atoms with van der Waals surface area (Å²) in [5.74, 6) is -0.145. The van der Waals surface area contributed by atoms with E-state index in [0.717, 1.165) is 16.7 Å². The molecule has 0 aliphatic rings. The highest BCUT2D eigenvalue weighted by Gasteiger charge is 2.21. The highest BCUT2D eigenvalue weighted by molar-refractivity contribution is 5.86. The van der Waals surface area contributed by atoms with E-state index < -0.39 is 18.2 Å². The molecule has 0 atom stereocenters. The maximum Gasteiger partial charge on any atom is 0.176 e. The highest BCUT2D eigenvalue weighted by Crippen LogP contribution is 2.30. The van der Waals surface area contributed by atoms with E-state index in [-0.39, 0.29) is 0 Å². The lowest BCUT2D eigenvalue weighted by molar-refractivity contribution is -0.307. The summed E-state index contributed by atoms with van der Waals surface area (Å²) in [6.07, 6.45) is 1.58. The summed E-state index contributed by atoms with van der Waals surface area (Å²) in [6.45, 7) is 4.10. The number of carboxylic acid groups (broad SMARTS) is 1. The zero-order valence-electron chi connectivity index (χ0n) is 15.3. The van der Waals surface area contributed by atoms with E-state index in [9.17, 15) is 9.90 Å². The Morgan fingerprint density at radius 2 is 1.89 bits per heavy atom. The molecule has 0 saturated heterocycles. The van der Waals surface area contributed by atoms with Gasteiger partial charge in [-0.05, 0) is 32.0 Å². The molecule has 6 nitrogen and oxygen atoms in total. The number of benzene rings is 2. The Morgan fingerprint density at radius 1 is 1.11 bits per heavy atom. The summed E-state index contributed by atoms with van der Waals surface area (Å²) in [5.41, 5.74) is 0.834. The monoisotopic (exact) mass is 369 g/mol. The number of carboxylic acids is 1. The standard InChI is InChI=1S/C21H22O6/c1-21(2,27-16-7-4-3-5-8-16)14-24-11-15-12-26-20-17(15)9-6-10-18(20)25-13-19(22)23/h3-10,12H,11,13-14H2,1-2H3,(H,22,23)/p-1. The van der Waals surface area contributed by atoms with Gasteiger partial charge in [0.2, 0.25) is 0 Å². The van der Waals surface area contributed by atoms with Crippen molar-refractivity contribution in [1.29, 1.82) is 0 Å². The number of hydrogen-bond acceptors (Lipinski definition) is 6. The van der Waals surface area contributed by atoms with Crippen LogP contribution in [0.25, 0.3) is 11.0 Å². The number of carbonyl (C=O) groups is 1. The first-order valence-corrected chi connectivity index (χ1v) is 8.58. The topological polar surface area (TPSA) is 81.0 Å². The van der Waals surface area contributed by atoms with Gasteiger partial charge in [-0.15, -0.1) is 0 Å². The second kappa shape index (κ2) is 8.14. The normalized spacial score (nSPS) is 11.5. The molecule has 0 aliphatic heterocycles. The van der Waals surface area contributed by atoms with Crippen LogP contribution in [-0.4, -0.2) is 24.8 Å². The average Bonchev–Trinajstić information content (AvgIpc) is 3.04. The third kappa shape index (κ3) is 5.01. The quantitative estimate of drug-likeness (QED) is 0.577. The van der Waals surface area contributed by atoms with Gasteiger partial charge in [0.15, 0.2) is 11.3 Å². The largest absolute Gasteiger partial charge is 0.546 e. The van der Waals surface area contributed by atoms with Crippen molar-refractivity contribution in [3.05, 3.63) is 60.4 Å². The Labute approximate surface area is 157 Å². The van der Waals surface area contributed by atoms with Crippen LogP contribution in [0.15, 0.2) is 59.2 Å². The van der Waals surface area contributed by atoms with Crippen molar-refractivity contribution in [3.8, 4) is 11.5 Å². The Kier molecular flexibility index (Phi) is 5.66. The molecule has 0 fully saturated rings. The SMILES string of the molecule is CC(C)(COCc1coc2c(OCC(=O)[O-])cccc12)Oc1ccccc1. The molecule has 1 aromatic heterocycles. The van der Waals surface area contributed by atoms with Crippen molar-refractivity contribution in [3.63, 3.8) is 0 Å². The van der Waals surface area contributed by atoms with Gasteiger partial charge in [-0.25, -0.2) is 0 Å².